The van der Waals surface area contributed by atoms with Crippen molar-refractivity contribution in [2.75, 3.05) is 12.4 Å². The van der Waals surface area contributed by atoms with Gasteiger partial charge in [-0.25, -0.2) is 0 Å². The highest BCUT2D eigenvalue weighted by Gasteiger charge is 2.30. The molecule has 0 aliphatic heterocycles. The summed E-state index contributed by atoms with van der Waals surface area (Å²) in [6, 6.07) is 13.4. The van der Waals surface area contributed by atoms with Crippen molar-refractivity contribution in [1.82, 2.24) is 9.78 Å². The molecule has 0 saturated carbocycles. The first-order valence-electron chi connectivity index (χ1n) is 8.53. The number of amides is 1. The van der Waals surface area contributed by atoms with Gasteiger partial charge in [-0.05, 0) is 43.3 Å². The third-order valence-corrected chi connectivity index (χ3v) is 4.14. The number of nitrogens with one attached hydrogen (secondary N) is 1. The molecule has 3 aromatic rings. The highest BCUT2D eigenvalue weighted by molar-refractivity contribution is 6.03. The molecule has 1 heterocycles. The van der Waals surface area contributed by atoms with E-state index in [1.165, 1.54) is 12.1 Å². The molecule has 0 aliphatic rings. The standard InChI is InChI=1S/C20H18F3N3O2/c1-3-26-17(15-9-4-5-10-18(15)28-2)12-16(25-26)19(27)24-14-8-6-7-13(11-14)20(21,22)23/h4-12H,3H2,1-2H3,(H,24,27). The Labute approximate surface area is 159 Å². The van der Waals surface area contributed by atoms with Crippen molar-refractivity contribution in [3.8, 4) is 17.0 Å². The number of rotatable bonds is 5. The van der Waals surface area contributed by atoms with Crippen molar-refractivity contribution in [3.63, 3.8) is 0 Å². The molecule has 0 aliphatic carbocycles. The number of aryl methyl sites for hydroxylation is 1. The Morgan fingerprint density at radius 2 is 1.89 bits per heavy atom. The summed E-state index contributed by atoms with van der Waals surface area (Å²) in [5.74, 6) is 0.0320. The first kappa shape index (κ1) is 19.5. The zero-order valence-electron chi connectivity index (χ0n) is 15.2. The summed E-state index contributed by atoms with van der Waals surface area (Å²) in [4.78, 5) is 12.5. The molecule has 0 radical (unpaired) electrons. The summed E-state index contributed by atoms with van der Waals surface area (Å²) in [5.41, 5.74) is 0.746. The largest absolute Gasteiger partial charge is 0.496 e. The van der Waals surface area contributed by atoms with Crippen LogP contribution in [0.5, 0.6) is 5.75 Å². The van der Waals surface area contributed by atoms with Crippen LogP contribution in [0.2, 0.25) is 0 Å². The van der Waals surface area contributed by atoms with Gasteiger partial charge < -0.3 is 10.1 Å². The Bertz CT molecular complexity index is 996. The molecule has 3 rings (SSSR count). The number of methoxy groups -OCH3 is 1. The first-order chi connectivity index (χ1) is 13.3. The molecule has 0 saturated heterocycles. The fourth-order valence-electron chi connectivity index (χ4n) is 2.81. The van der Waals surface area contributed by atoms with Gasteiger partial charge in [0, 0.05) is 17.8 Å². The number of benzene rings is 2. The van der Waals surface area contributed by atoms with Crippen molar-refractivity contribution in [3.05, 3.63) is 65.9 Å². The van der Waals surface area contributed by atoms with Crippen LogP contribution in [-0.2, 0) is 12.7 Å². The molecule has 146 valence electrons. The lowest BCUT2D eigenvalue weighted by Crippen LogP contribution is -2.14. The molecule has 8 heteroatoms. The van der Waals surface area contributed by atoms with Crippen LogP contribution in [0.15, 0.2) is 54.6 Å². The van der Waals surface area contributed by atoms with Crippen molar-refractivity contribution < 1.29 is 22.7 Å². The van der Waals surface area contributed by atoms with E-state index in [-0.39, 0.29) is 11.4 Å². The number of ether oxygens (including phenoxy) is 1. The van der Waals surface area contributed by atoms with Crippen LogP contribution >= 0.6 is 0 Å². The van der Waals surface area contributed by atoms with E-state index >= 15 is 0 Å². The van der Waals surface area contributed by atoms with E-state index in [0.29, 0.717) is 18.0 Å². The summed E-state index contributed by atoms with van der Waals surface area (Å²) in [5, 5.41) is 6.74. The average molecular weight is 389 g/mol. The van der Waals surface area contributed by atoms with Crippen molar-refractivity contribution in [1.29, 1.82) is 0 Å². The number of nitrogens with zero attached hydrogens (tertiary/aromatic N) is 2. The normalized spacial score (nSPS) is 11.3. The number of carbonyl (C=O) groups is 1. The van der Waals surface area contributed by atoms with Gasteiger partial charge in [0.05, 0.1) is 18.4 Å². The second kappa shape index (κ2) is 7.75. The number of para-hydroxylation sites is 1. The number of aromatic nitrogens is 2. The predicted molar refractivity (Wildman–Crippen MR) is 99.3 cm³/mol. The van der Waals surface area contributed by atoms with E-state index in [9.17, 15) is 18.0 Å². The summed E-state index contributed by atoms with van der Waals surface area (Å²) in [7, 11) is 1.55. The third kappa shape index (κ3) is 4.00. The molecule has 0 bridgehead atoms. The maximum absolute atomic E-state index is 12.8. The van der Waals surface area contributed by atoms with Gasteiger partial charge in [-0.15, -0.1) is 0 Å². The highest BCUT2D eigenvalue weighted by Crippen LogP contribution is 2.32. The lowest BCUT2D eigenvalue weighted by molar-refractivity contribution is -0.137. The Morgan fingerprint density at radius 1 is 1.14 bits per heavy atom. The minimum Gasteiger partial charge on any atom is -0.496 e. The zero-order chi connectivity index (χ0) is 20.3. The van der Waals surface area contributed by atoms with E-state index in [1.54, 1.807) is 23.9 Å². The topological polar surface area (TPSA) is 56.2 Å². The Balaban J connectivity index is 1.91. The molecule has 1 amide bonds. The number of halogens is 3. The van der Waals surface area contributed by atoms with E-state index < -0.39 is 17.6 Å². The third-order valence-electron chi connectivity index (χ3n) is 4.14. The van der Waals surface area contributed by atoms with E-state index in [2.05, 4.69) is 10.4 Å². The zero-order valence-corrected chi connectivity index (χ0v) is 15.2. The quantitative estimate of drug-likeness (QED) is 0.679. The van der Waals surface area contributed by atoms with Gasteiger partial charge in [0.2, 0.25) is 0 Å². The maximum Gasteiger partial charge on any atom is 0.416 e. The molecule has 28 heavy (non-hydrogen) atoms. The Kier molecular flexibility index (Phi) is 5.39. The molecule has 0 fully saturated rings. The van der Waals surface area contributed by atoms with Crippen LogP contribution in [0.3, 0.4) is 0 Å². The van der Waals surface area contributed by atoms with Crippen molar-refractivity contribution >= 4 is 11.6 Å². The van der Waals surface area contributed by atoms with Crippen molar-refractivity contribution in [2.24, 2.45) is 0 Å². The number of carbonyl (C=O) groups excluding carboxylic acids is 1. The molecular weight excluding hydrogens is 371 g/mol. The monoisotopic (exact) mass is 389 g/mol. The molecule has 2 aromatic carbocycles. The average Bonchev–Trinajstić information content (AvgIpc) is 3.12. The van der Waals surface area contributed by atoms with Gasteiger partial charge in [-0.2, -0.15) is 18.3 Å². The molecule has 0 unspecified atom stereocenters. The fraction of sp³-hybridized carbons (Fsp3) is 0.200. The second-order valence-corrected chi connectivity index (χ2v) is 5.96. The van der Waals surface area contributed by atoms with Gasteiger partial charge in [0.25, 0.3) is 5.91 Å². The SMILES string of the molecule is CCn1nc(C(=O)Nc2cccc(C(F)(F)F)c2)cc1-c1ccccc1OC. The van der Waals surface area contributed by atoms with Gasteiger partial charge in [0.1, 0.15) is 5.75 Å². The molecule has 0 atom stereocenters. The lowest BCUT2D eigenvalue weighted by atomic mass is 10.1. The van der Waals surface area contributed by atoms with Crippen LogP contribution in [0.4, 0.5) is 18.9 Å². The summed E-state index contributed by atoms with van der Waals surface area (Å²) < 4.78 is 45.5. The van der Waals surface area contributed by atoms with Gasteiger partial charge in [-0.1, -0.05) is 18.2 Å². The van der Waals surface area contributed by atoms with Crippen LogP contribution in [-0.4, -0.2) is 22.8 Å². The maximum atomic E-state index is 12.8. The van der Waals surface area contributed by atoms with Crippen LogP contribution in [0, 0.1) is 0 Å². The smallest absolute Gasteiger partial charge is 0.416 e. The number of hydrogen-bond acceptors (Lipinski definition) is 3. The minimum absolute atomic E-state index is 0.0460. The summed E-state index contributed by atoms with van der Waals surface area (Å²) >= 11 is 0. The van der Waals surface area contributed by atoms with Gasteiger partial charge >= 0.3 is 6.18 Å². The van der Waals surface area contributed by atoms with E-state index in [4.69, 9.17) is 4.74 Å². The Hall–Kier alpha value is -3.29. The predicted octanol–water partition coefficient (Wildman–Crippen LogP) is 4.85. The summed E-state index contributed by atoms with van der Waals surface area (Å²) in [6.07, 6.45) is -4.48. The van der Waals surface area contributed by atoms with E-state index in [0.717, 1.165) is 17.7 Å². The highest BCUT2D eigenvalue weighted by atomic mass is 19.4. The van der Waals surface area contributed by atoms with Crippen LogP contribution in [0.25, 0.3) is 11.3 Å². The Morgan fingerprint density at radius 3 is 2.57 bits per heavy atom. The minimum atomic E-state index is -4.48. The van der Waals surface area contributed by atoms with Crippen LogP contribution in [0.1, 0.15) is 23.0 Å². The first-order valence-corrected chi connectivity index (χ1v) is 8.53. The lowest BCUT2D eigenvalue weighted by Gasteiger charge is -2.09. The van der Waals surface area contributed by atoms with Crippen molar-refractivity contribution in [2.45, 2.75) is 19.6 Å². The van der Waals surface area contributed by atoms with Gasteiger partial charge in [0.15, 0.2) is 5.69 Å². The molecule has 1 N–H and O–H groups in total. The fourth-order valence-corrected chi connectivity index (χ4v) is 2.81. The van der Waals surface area contributed by atoms with Gasteiger partial charge in [-0.3, -0.25) is 9.48 Å². The number of alkyl halides is 3. The second-order valence-electron chi connectivity index (χ2n) is 5.96. The molecular formula is C20H18F3N3O2. The number of hydrogen-bond donors (Lipinski definition) is 1. The summed E-state index contributed by atoms with van der Waals surface area (Å²) in [6.45, 7) is 2.38. The molecule has 0 spiro atoms. The number of anilines is 1. The molecule has 1 aromatic heterocycles. The van der Waals surface area contributed by atoms with Crippen LogP contribution < -0.4 is 10.1 Å². The van der Waals surface area contributed by atoms with E-state index in [1.807, 2.05) is 25.1 Å². The molecule has 5 nitrogen and oxygen atoms in total.